The lowest BCUT2D eigenvalue weighted by molar-refractivity contribution is 0.135. The van der Waals surface area contributed by atoms with Gasteiger partial charge in [0.2, 0.25) is 0 Å². The molecule has 1 atom stereocenters. The Hall–Kier alpha value is -2.83. The van der Waals surface area contributed by atoms with E-state index in [0.29, 0.717) is 36.4 Å². The number of aromatic nitrogens is 2. The third-order valence-electron chi connectivity index (χ3n) is 4.66. The first-order valence-corrected chi connectivity index (χ1v) is 9.82. The van der Waals surface area contributed by atoms with Crippen LogP contribution in [0.2, 0.25) is 5.02 Å². The predicted molar refractivity (Wildman–Crippen MR) is 112 cm³/mol. The molecule has 6 nitrogen and oxygen atoms in total. The number of hydrogen-bond donors (Lipinski definition) is 0. The molecular formula is C22H22ClN3O3. The summed E-state index contributed by atoms with van der Waals surface area (Å²) >= 11 is 6.25. The van der Waals surface area contributed by atoms with Crippen LogP contribution in [0.15, 0.2) is 60.9 Å². The molecule has 0 amide bonds. The van der Waals surface area contributed by atoms with Gasteiger partial charge in [0.05, 0.1) is 26.9 Å². The summed E-state index contributed by atoms with van der Waals surface area (Å²) < 4.78 is 16.9. The molecule has 150 valence electrons. The fraction of sp³-hybridized carbons (Fsp3) is 0.273. The molecule has 3 heterocycles. The first-order valence-electron chi connectivity index (χ1n) is 9.44. The Bertz CT molecular complexity index is 949. The molecule has 3 aromatic rings. The van der Waals surface area contributed by atoms with Crippen molar-refractivity contribution in [1.29, 1.82) is 0 Å². The summed E-state index contributed by atoms with van der Waals surface area (Å²) in [6, 6.07) is 15.4. The summed E-state index contributed by atoms with van der Waals surface area (Å²) in [6.07, 6.45) is 4.41. The van der Waals surface area contributed by atoms with E-state index in [4.69, 9.17) is 30.8 Å². The van der Waals surface area contributed by atoms with Gasteiger partial charge in [-0.05, 0) is 42.0 Å². The van der Waals surface area contributed by atoms with Crippen molar-refractivity contribution in [1.82, 2.24) is 9.97 Å². The number of ether oxygens (including phenoxy) is 3. The Balaban J connectivity index is 1.71. The van der Waals surface area contributed by atoms with Gasteiger partial charge in [-0.2, -0.15) is 4.98 Å². The Kier molecular flexibility index (Phi) is 6.12. The Morgan fingerprint density at radius 3 is 2.86 bits per heavy atom. The van der Waals surface area contributed by atoms with Crippen LogP contribution in [-0.2, 0) is 11.3 Å². The van der Waals surface area contributed by atoms with Crippen molar-refractivity contribution in [2.24, 2.45) is 0 Å². The molecule has 0 radical (unpaired) electrons. The number of benzene rings is 1. The van der Waals surface area contributed by atoms with Gasteiger partial charge in [-0.25, -0.2) is 0 Å². The van der Waals surface area contributed by atoms with Crippen LogP contribution in [0.3, 0.4) is 0 Å². The van der Waals surface area contributed by atoms with Crippen molar-refractivity contribution >= 4 is 23.1 Å². The highest BCUT2D eigenvalue weighted by Crippen LogP contribution is 2.34. The number of nitrogens with zero attached hydrogens (tertiary/aromatic N) is 3. The summed E-state index contributed by atoms with van der Waals surface area (Å²) in [5.74, 6) is 1.78. The average molecular weight is 412 g/mol. The smallest absolute Gasteiger partial charge is 0.259 e. The molecular weight excluding hydrogens is 390 g/mol. The highest BCUT2D eigenvalue weighted by Gasteiger charge is 2.22. The zero-order valence-electron chi connectivity index (χ0n) is 16.1. The summed E-state index contributed by atoms with van der Waals surface area (Å²) in [7, 11) is 1.61. The van der Waals surface area contributed by atoms with Crippen LogP contribution in [0.25, 0.3) is 0 Å². The number of anilines is 2. The van der Waals surface area contributed by atoms with Crippen LogP contribution in [-0.4, -0.2) is 36.4 Å². The number of hydrogen-bond acceptors (Lipinski definition) is 6. The van der Waals surface area contributed by atoms with Crippen molar-refractivity contribution < 1.29 is 14.2 Å². The van der Waals surface area contributed by atoms with E-state index in [1.54, 1.807) is 13.3 Å². The number of halogens is 1. The molecule has 0 unspecified atom stereocenters. The van der Waals surface area contributed by atoms with Gasteiger partial charge in [0.1, 0.15) is 11.9 Å². The first-order chi connectivity index (χ1) is 14.2. The van der Waals surface area contributed by atoms with Gasteiger partial charge in [-0.1, -0.05) is 23.7 Å². The number of methoxy groups -OCH3 is 1. The van der Waals surface area contributed by atoms with Crippen molar-refractivity contribution in [2.75, 3.05) is 25.2 Å². The van der Waals surface area contributed by atoms with Gasteiger partial charge in [0.25, 0.3) is 5.88 Å². The minimum absolute atomic E-state index is 0.0235. The minimum atomic E-state index is -0.0235. The minimum Gasteiger partial charge on any atom is -0.491 e. The average Bonchev–Trinajstić information content (AvgIpc) is 3.26. The monoisotopic (exact) mass is 411 g/mol. The molecule has 2 aromatic heterocycles. The second kappa shape index (κ2) is 9.11. The van der Waals surface area contributed by atoms with Crippen LogP contribution in [0.5, 0.6) is 11.6 Å². The molecule has 1 saturated heterocycles. The Morgan fingerprint density at radius 2 is 2.14 bits per heavy atom. The van der Waals surface area contributed by atoms with E-state index in [1.165, 1.54) is 0 Å². The molecule has 1 aliphatic rings. The van der Waals surface area contributed by atoms with Gasteiger partial charge in [0, 0.05) is 29.5 Å². The van der Waals surface area contributed by atoms with E-state index in [1.807, 2.05) is 54.7 Å². The van der Waals surface area contributed by atoms with E-state index < -0.39 is 0 Å². The quantitative estimate of drug-likeness (QED) is 0.564. The molecule has 0 N–H and O–H groups in total. The molecule has 0 saturated carbocycles. The lowest BCUT2D eigenvalue weighted by Crippen LogP contribution is -2.20. The van der Waals surface area contributed by atoms with Gasteiger partial charge in [-0.15, -0.1) is 0 Å². The normalized spacial score (nSPS) is 15.9. The molecule has 0 bridgehead atoms. The number of pyridine rings is 2. The van der Waals surface area contributed by atoms with Crippen LogP contribution in [0.4, 0.5) is 11.5 Å². The van der Waals surface area contributed by atoms with Crippen molar-refractivity contribution in [3.05, 3.63) is 71.5 Å². The van der Waals surface area contributed by atoms with Crippen molar-refractivity contribution in [3.63, 3.8) is 0 Å². The third-order valence-corrected chi connectivity index (χ3v) is 4.89. The second-order valence-corrected chi connectivity index (χ2v) is 7.14. The Labute approximate surface area is 175 Å². The van der Waals surface area contributed by atoms with Crippen LogP contribution >= 0.6 is 11.6 Å². The maximum absolute atomic E-state index is 6.25. The van der Waals surface area contributed by atoms with Crippen LogP contribution < -0.4 is 14.4 Å². The van der Waals surface area contributed by atoms with Crippen LogP contribution in [0, 0.1) is 0 Å². The maximum atomic E-state index is 6.25. The summed E-state index contributed by atoms with van der Waals surface area (Å²) in [5.41, 5.74) is 1.98. The van der Waals surface area contributed by atoms with Crippen molar-refractivity contribution in [2.45, 2.75) is 19.1 Å². The molecule has 4 rings (SSSR count). The highest BCUT2D eigenvalue weighted by molar-refractivity contribution is 6.30. The topological polar surface area (TPSA) is 56.7 Å². The summed E-state index contributed by atoms with van der Waals surface area (Å²) in [6.45, 7) is 1.84. The van der Waals surface area contributed by atoms with Gasteiger partial charge in [0.15, 0.2) is 5.75 Å². The molecule has 0 spiro atoms. The largest absolute Gasteiger partial charge is 0.491 e. The Morgan fingerprint density at radius 1 is 1.21 bits per heavy atom. The second-order valence-electron chi connectivity index (χ2n) is 6.71. The van der Waals surface area contributed by atoms with Gasteiger partial charge >= 0.3 is 0 Å². The van der Waals surface area contributed by atoms with E-state index in [9.17, 15) is 0 Å². The molecule has 0 aliphatic carbocycles. The summed E-state index contributed by atoms with van der Waals surface area (Å²) in [5, 5.41) is 0.659. The lowest BCUT2D eigenvalue weighted by atomic mass is 10.2. The van der Waals surface area contributed by atoms with E-state index in [-0.39, 0.29) is 6.10 Å². The predicted octanol–water partition coefficient (Wildman–Crippen LogP) is 4.64. The standard InChI is InChI=1S/C22H22ClN3O3/c1-27-20-7-8-21(25-22(20)29-19-9-11-28-15-19)26(14-16-4-3-10-24-13-16)18-6-2-5-17(23)12-18/h2-8,10,12-13,19H,9,11,14-15H2,1H3/t19-/m1/s1. The third kappa shape index (κ3) is 4.78. The van der Waals surface area contributed by atoms with E-state index >= 15 is 0 Å². The lowest BCUT2D eigenvalue weighted by Gasteiger charge is -2.25. The molecule has 7 heteroatoms. The van der Waals surface area contributed by atoms with Gasteiger partial charge in [-0.3, -0.25) is 4.98 Å². The van der Waals surface area contributed by atoms with Crippen molar-refractivity contribution in [3.8, 4) is 11.6 Å². The fourth-order valence-corrected chi connectivity index (χ4v) is 3.38. The highest BCUT2D eigenvalue weighted by atomic mass is 35.5. The van der Waals surface area contributed by atoms with E-state index in [2.05, 4.69) is 9.88 Å². The molecule has 1 aliphatic heterocycles. The number of rotatable bonds is 7. The van der Waals surface area contributed by atoms with E-state index in [0.717, 1.165) is 23.5 Å². The van der Waals surface area contributed by atoms with Crippen LogP contribution in [0.1, 0.15) is 12.0 Å². The SMILES string of the molecule is COc1ccc(N(Cc2cccnc2)c2cccc(Cl)c2)nc1O[C@@H]1CCOC1. The fourth-order valence-electron chi connectivity index (χ4n) is 3.19. The molecule has 1 fully saturated rings. The zero-order valence-corrected chi connectivity index (χ0v) is 16.9. The maximum Gasteiger partial charge on any atom is 0.259 e. The summed E-state index contributed by atoms with van der Waals surface area (Å²) in [4.78, 5) is 11.1. The molecule has 29 heavy (non-hydrogen) atoms. The zero-order chi connectivity index (χ0) is 20.1. The molecule has 1 aromatic carbocycles. The first kappa shape index (κ1) is 19.5. The van der Waals surface area contributed by atoms with Gasteiger partial charge < -0.3 is 19.1 Å².